The zero-order valence-electron chi connectivity index (χ0n) is 13.4. The number of aromatic nitrogens is 1. The summed E-state index contributed by atoms with van der Waals surface area (Å²) in [6, 6.07) is 17.7. The summed E-state index contributed by atoms with van der Waals surface area (Å²) >= 11 is 3.27. The summed E-state index contributed by atoms with van der Waals surface area (Å²) in [6.45, 7) is 0. The van der Waals surface area contributed by atoms with Crippen LogP contribution in [0, 0.1) is 0 Å². The van der Waals surface area contributed by atoms with Crippen molar-refractivity contribution in [1.29, 1.82) is 0 Å². The first kappa shape index (κ1) is 18.1. The highest BCUT2D eigenvalue weighted by Crippen LogP contribution is 2.19. The molecule has 132 valence electrons. The number of nitrogens with one attached hydrogen (secondary N) is 2. The van der Waals surface area contributed by atoms with Crippen LogP contribution in [0.15, 0.2) is 82.3 Å². The van der Waals surface area contributed by atoms with Gasteiger partial charge in [0.1, 0.15) is 5.82 Å². The third-order valence-corrected chi connectivity index (χ3v) is 5.33. The van der Waals surface area contributed by atoms with Crippen molar-refractivity contribution in [1.82, 2.24) is 4.98 Å². The third kappa shape index (κ3) is 4.47. The van der Waals surface area contributed by atoms with Crippen LogP contribution in [0.5, 0.6) is 0 Å². The van der Waals surface area contributed by atoms with Crippen LogP contribution < -0.4 is 10.0 Å². The van der Waals surface area contributed by atoms with Gasteiger partial charge in [0.05, 0.1) is 4.90 Å². The molecule has 0 aliphatic rings. The molecule has 2 N–H and O–H groups in total. The van der Waals surface area contributed by atoms with Gasteiger partial charge in [0.2, 0.25) is 0 Å². The zero-order chi connectivity index (χ0) is 18.6. The first-order chi connectivity index (χ1) is 12.4. The lowest BCUT2D eigenvalue weighted by molar-refractivity contribution is 0.102. The van der Waals surface area contributed by atoms with Gasteiger partial charge in [-0.05, 0) is 54.6 Å². The topological polar surface area (TPSA) is 88.2 Å². The van der Waals surface area contributed by atoms with E-state index in [4.69, 9.17) is 0 Å². The maximum Gasteiger partial charge on any atom is 0.261 e. The number of rotatable bonds is 5. The number of hydrogen-bond donors (Lipinski definition) is 2. The van der Waals surface area contributed by atoms with E-state index in [9.17, 15) is 13.2 Å². The summed E-state index contributed by atoms with van der Waals surface area (Å²) in [6.07, 6.45) is 1.57. The number of carbonyl (C=O) groups excluding carboxylic acids is 1. The normalized spacial score (nSPS) is 11.0. The Kier molecular flexibility index (Phi) is 5.34. The minimum atomic E-state index is -3.75. The number of amides is 1. The maximum atomic E-state index is 12.4. The van der Waals surface area contributed by atoms with Gasteiger partial charge in [0, 0.05) is 21.9 Å². The average Bonchev–Trinajstić information content (AvgIpc) is 2.63. The smallest absolute Gasteiger partial charge is 0.261 e. The maximum absolute atomic E-state index is 12.4. The van der Waals surface area contributed by atoms with E-state index in [-0.39, 0.29) is 10.8 Å². The molecule has 0 aliphatic heterocycles. The van der Waals surface area contributed by atoms with Crippen molar-refractivity contribution >= 4 is 43.4 Å². The van der Waals surface area contributed by atoms with Gasteiger partial charge in [0.15, 0.2) is 0 Å². The predicted molar refractivity (Wildman–Crippen MR) is 104 cm³/mol. The molecule has 0 aliphatic carbocycles. The third-order valence-electron chi connectivity index (χ3n) is 3.41. The van der Waals surface area contributed by atoms with E-state index in [2.05, 4.69) is 31.0 Å². The number of anilines is 2. The molecule has 6 nitrogen and oxygen atoms in total. The molecule has 0 radical (unpaired) electrons. The lowest BCUT2D eigenvalue weighted by Gasteiger charge is -2.10. The Morgan fingerprint density at radius 2 is 1.73 bits per heavy atom. The number of carbonyl (C=O) groups is 1. The molecule has 0 saturated carbocycles. The minimum Gasteiger partial charge on any atom is -0.307 e. The molecule has 1 amide bonds. The Morgan fingerprint density at radius 1 is 0.962 bits per heavy atom. The van der Waals surface area contributed by atoms with Crippen LogP contribution >= 0.6 is 15.9 Å². The van der Waals surface area contributed by atoms with Crippen molar-refractivity contribution in [3.05, 3.63) is 83.0 Å². The minimum absolute atomic E-state index is 0.129. The summed E-state index contributed by atoms with van der Waals surface area (Å²) < 4.78 is 28.2. The van der Waals surface area contributed by atoms with Crippen LogP contribution in [-0.2, 0) is 10.0 Å². The number of nitrogens with zero attached hydrogens (tertiary/aromatic N) is 1. The summed E-state index contributed by atoms with van der Waals surface area (Å²) in [5.41, 5.74) is 0.605. The second-order valence-electron chi connectivity index (χ2n) is 5.31. The van der Waals surface area contributed by atoms with Crippen molar-refractivity contribution in [2.24, 2.45) is 0 Å². The van der Waals surface area contributed by atoms with Crippen molar-refractivity contribution in [2.75, 3.05) is 10.0 Å². The van der Waals surface area contributed by atoms with Gasteiger partial charge in [-0.3, -0.25) is 9.52 Å². The van der Waals surface area contributed by atoms with Gasteiger partial charge in [-0.1, -0.05) is 28.1 Å². The van der Waals surface area contributed by atoms with Crippen LogP contribution in [0.1, 0.15) is 10.4 Å². The quantitative estimate of drug-likeness (QED) is 0.640. The number of hydrogen-bond acceptors (Lipinski definition) is 4. The molecular weight excluding hydrogens is 418 g/mol. The molecule has 26 heavy (non-hydrogen) atoms. The molecule has 1 heterocycles. The largest absolute Gasteiger partial charge is 0.307 e. The van der Waals surface area contributed by atoms with Crippen molar-refractivity contribution in [2.45, 2.75) is 4.90 Å². The van der Waals surface area contributed by atoms with E-state index >= 15 is 0 Å². The molecule has 3 aromatic rings. The molecule has 2 aromatic carbocycles. The van der Waals surface area contributed by atoms with E-state index in [1.54, 1.807) is 54.7 Å². The Hall–Kier alpha value is -2.71. The first-order valence-corrected chi connectivity index (χ1v) is 9.82. The number of pyridine rings is 1. The lowest BCUT2D eigenvalue weighted by Crippen LogP contribution is -2.15. The SMILES string of the molecule is O=C(Nc1ccccn1)c1cccc(NS(=O)(=O)c2ccc(Br)cc2)c1. The highest BCUT2D eigenvalue weighted by Gasteiger charge is 2.15. The molecule has 3 rings (SSSR count). The molecule has 0 atom stereocenters. The van der Waals surface area contributed by atoms with E-state index in [0.717, 1.165) is 4.47 Å². The van der Waals surface area contributed by atoms with Crippen LogP contribution in [-0.4, -0.2) is 19.3 Å². The first-order valence-electron chi connectivity index (χ1n) is 7.55. The Balaban J connectivity index is 1.78. The monoisotopic (exact) mass is 431 g/mol. The highest BCUT2D eigenvalue weighted by atomic mass is 79.9. The Morgan fingerprint density at radius 3 is 2.42 bits per heavy atom. The summed E-state index contributed by atoms with van der Waals surface area (Å²) in [5, 5.41) is 2.65. The highest BCUT2D eigenvalue weighted by molar-refractivity contribution is 9.10. The molecule has 0 fully saturated rings. The Bertz CT molecular complexity index is 1020. The number of benzene rings is 2. The Labute approximate surface area is 159 Å². The van der Waals surface area contributed by atoms with E-state index in [1.165, 1.54) is 18.2 Å². The molecule has 1 aromatic heterocycles. The van der Waals surface area contributed by atoms with Crippen molar-refractivity contribution in [3.63, 3.8) is 0 Å². The summed E-state index contributed by atoms with van der Waals surface area (Å²) in [7, 11) is -3.75. The second-order valence-corrected chi connectivity index (χ2v) is 7.91. The second kappa shape index (κ2) is 7.67. The fraction of sp³-hybridized carbons (Fsp3) is 0. The van der Waals surface area contributed by atoms with E-state index in [1.807, 2.05) is 0 Å². The van der Waals surface area contributed by atoms with E-state index < -0.39 is 10.0 Å². The lowest BCUT2D eigenvalue weighted by atomic mass is 10.2. The molecule has 0 bridgehead atoms. The molecule has 8 heteroatoms. The van der Waals surface area contributed by atoms with Gasteiger partial charge in [-0.2, -0.15) is 0 Å². The molecular formula is C18H14BrN3O3S. The molecule has 0 spiro atoms. The van der Waals surface area contributed by atoms with Crippen LogP contribution in [0.3, 0.4) is 0 Å². The van der Waals surface area contributed by atoms with Crippen LogP contribution in [0.25, 0.3) is 0 Å². The number of sulfonamides is 1. The fourth-order valence-corrected chi connectivity index (χ4v) is 3.49. The average molecular weight is 432 g/mol. The summed E-state index contributed by atoms with van der Waals surface area (Å²) in [4.78, 5) is 16.5. The standard InChI is InChI=1S/C18H14BrN3O3S/c19-14-7-9-16(10-8-14)26(24,25)22-15-5-3-4-13(12-15)18(23)21-17-6-1-2-11-20-17/h1-12,22H,(H,20,21,23). The van der Waals surface area contributed by atoms with Gasteiger partial charge >= 0.3 is 0 Å². The van der Waals surface area contributed by atoms with Gasteiger partial charge in [0.25, 0.3) is 15.9 Å². The van der Waals surface area contributed by atoms with Crippen LogP contribution in [0.2, 0.25) is 0 Å². The predicted octanol–water partition coefficient (Wildman–Crippen LogP) is 3.90. The van der Waals surface area contributed by atoms with Crippen LogP contribution in [0.4, 0.5) is 11.5 Å². The number of halogens is 1. The molecule has 0 unspecified atom stereocenters. The van der Waals surface area contributed by atoms with Crippen molar-refractivity contribution in [3.8, 4) is 0 Å². The molecule has 0 saturated heterocycles. The van der Waals surface area contributed by atoms with Gasteiger partial charge < -0.3 is 5.32 Å². The summed E-state index contributed by atoms with van der Waals surface area (Å²) in [5.74, 6) is 0.0340. The van der Waals surface area contributed by atoms with E-state index in [0.29, 0.717) is 17.1 Å². The van der Waals surface area contributed by atoms with Crippen molar-refractivity contribution < 1.29 is 13.2 Å². The van der Waals surface area contributed by atoms with Gasteiger partial charge in [-0.15, -0.1) is 0 Å². The fourth-order valence-electron chi connectivity index (χ4n) is 2.18. The zero-order valence-corrected chi connectivity index (χ0v) is 15.8. The van der Waals surface area contributed by atoms with Gasteiger partial charge in [-0.25, -0.2) is 13.4 Å².